The van der Waals surface area contributed by atoms with Crippen molar-refractivity contribution in [1.82, 2.24) is 4.72 Å². The van der Waals surface area contributed by atoms with E-state index in [1.165, 1.54) is 32.1 Å². The van der Waals surface area contributed by atoms with Gasteiger partial charge in [-0.1, -0.05) is 70.6 Å². The molecule has 2 rings (SSSR count). The minimum atomic E-state index is -3.35. The van der Waals surface area contributed by atoms with Crippen LogP contribution in [0.4, 0.5) is 0 Å². The summed E-state index contributed by atoms with van der Waals surface area (Å²) in [6.45, 7) is 0.00347. The lowest BCUT2D eigenvalue weighted by Gasteiger charge is -2.21. The maximum atomic E-state index is 12.6. The molecule has 0 heterocycles. The van der Waals surface area contributed by atoms with Crippen molar-refractivity contribution in [2.24, 2.45) is 5.92 Å². The van der Waals surface area contributed by atoms with Crippen molar-refractivity contribution in [3.8, 4) is 0 Å². The monoisotopic (exact) mass is 357 g/mol. The highest BCUT2D eigenvalue weighted by atomic mass is 32.2. The van der Waals surface area contributed by atoms with Crippen molar-refractivity contribution in [3.63, 3.8) is 0 Å². The fourth-order valence-electron chi connectivity index (χ4n) is 4.12. The molecule has 2 fully saturated rings. The van der Waals surface area contributed by atoms with Crippen LogP contribution in [0.2, 0.25) is 0 Å². The number of carbonyl (C=O) groups is 1. The molecule has 2 saturated carbocycles. The highest BCUT2D eigenvalue weighted by Gasteiger charge is 2.27. The first-order chi connectivity index (χ1) is 11.6. The van der Waals surface area contributed by atoms with E-state index in [9.17, 15) is 13.2 Å². The highest BCUT2D eigenvalue weighted by Crippen LogP contribution is 2.24. The molecule has 0 bridgehead atoms. The number of sulfonamides is 1. The molecule has 0 aromatic rings. The largest absolute Gasteiger partial charge is 0.298 e. The first kappa shape index (κ1) is 19.9. The van der Waals surface area contributed by atoms with Gasteiger partial charge in [0.05, 0.1) is 11.8 Å². The first-order valence-corrected chi connectivity index (χ1v) is 11.7. The summed E-state index contributed by atoms with van der Waals surface area (Å²) in [5.41, 5.74) is 0. The Kier molecular flexibility index (Phi) is 8.74. The van der Waals surface area contributed by atoms with E-state index in [2.05, 4.69) is 4.72 Å². The average molecular weight is 358 g/mol. The van der Waals surface area contributed by atoms with Gasteiger partial charge in [0.1, 0.15) is 0 Å². The summed E-state index contributed by atoms with van der Waals surface area (Å²) in [5, 5.41) is -0.300. The van der Waals surface area contributed by atoms with Crippen LogP contribution in [0.25, 0.3) is 0 Å². The normalized spacial score (nSPS) is 23.5. The van der Waals surface area contributed by atoms with Crippen LogP contribution in [0.15, 0.2) is 0 Å². The Labute approximate surface area is 148 Å². The van der Waals surface area contributed by atoms with Crippen molar-refractivity contribution in [2.75, 3.05) is 6.54 Å². The average Bonchev–Trinajstić information content (AvgIpc) is 2.65. The second-order valence-electron chi connectivity index (χ2n) is 7.70. The quantitative estimate of drug-likeness (QED) is 0.796. The molecule has 0 aromatic carbocycles. The summed E-state index contributed by atoms with van der Waals surface area (Å²) in [6.07, 6.45) is 16.0. The van der Waals surface area contributed by atoms with Gasteiger partial charge in [-0.05, 0) is 25.7 Å². The predicted molar refractivity (Wildman–Crippen MR) is 98.5 cm³/mol. The second kappa shape index (κ2) is 10.5. The number of Topliss-reactive ketones (excluding diaryl/α,β-unsaturated/α-hetero) is 1. The van der Waals surface area contributed by atoms with E-state index in [-0.39, 0.29) is 23.5 Å². The summed E-state index contributed by atoms with van der Waals surface area (Å²) in [6, 6.07) is 0. The van der Waals surface area contributed by atoms with Crippen molar-refractivity contribution in [1.29, 1.82) is 0 Å². The third-order valence-electron chi connectivity index (χ3n) is 5.75. The lowest BCUT2D eigenvalue weighted by atomic mass is 9.93. The minimum Gasteiger partial charge on any atom is -0.298 e. The first-order valence-electron chi connectivity index (χ1n) is 10.1. The molecule has 5 heteroatoms. The van der Waals surface area contributed by atoms with Crippen LogP contribution in [0.3, 0.4) is 0 Å². The van der Waals surface area contributed by atoms with E-state index < -0.39 is 10.0 Å². The zero-order valence-electron chi connectivity index (χ0n) is 15.1. The van der Waals surface area contributed by atoms with Gasteiger partial charge in [0.25, 0.3) is 0 Å². The predicted octanol–water partition coefficient (Wildman–Crippen LogP) is 4.34. The fraction of sp³-hybridized carbons (Fsp3) is 0.947. The smallest absolute Gasteiger partial charge is 0.214 e. The van der Waals surface area contributed by atoms with Crippen LogP contribution < -0.4 is 4.72 Å². The van der Waals surface area contributed by atoms with Crippen LogP contribution in [0.5, 0.6) is 0 Å². The third kappa shape index (κ3) is 6.83. The Bertz CT molecular complexity index is 457. The van der Waals surface area contributed by atoms with E-state index in [1.807, 2.05) is 0 Å². The van der Waals surface area contributed by atoms with Gasteiger partial charge in [0, 0.05) is 5.92 Å². The van der Waals surface area contributed by atoms with E-state index >= 15 is 0 Å². The summed E-state index contributed by atoms with van der Waals surface area (Å²) < 4.78 is 27.8. The molecule has 2 aliphatic carbocycles. The van der Waals surface area contributed by atoms with Crippen LogP contribution in [-0.4, -0.2) is 26.0 Å². The van der Waals surface area contributed by atoms with Gasteiger partial charge in [-0.15, -0.1) is 0 Å². The van der Waals surface area contributed by atoms with Crippen molar-refractivity contribution in [3.05, 3.63) is 0 Å². The molecule has 0 radical (unpaired) electrons. The van der Waals surface area contributed by atoms with Crippen molar-refractivity contribution in [2.45, 2.75) is 102 Å². The molecular formula is C19H35NO3S. The molecular weight excluding hydrogens is 322 g/mol. The van der Waals surface area contributed by atoms with Crippen LogP contribution in [-0.2, 0) is 14.8 Å². The summed E-state index contributed by atoms with van der Waals surface area (Å²) in [7, 11) is -3.35. The summed E-state index contributed by atoms with van der Waals surface area (Å²) in [4.78, 5) is 12.5. The van der Waals surface area contributed by atoms with Gasteiger partial charge in [-0.2, -0.15) is 0 Å². The van der Waals surface area contributed by atoms with E-state index in [1.54, 1.807) is 0 Å². The Morgan fingerprint density at radius 2 is 1.12 bits per heavy atom. The number of ketones is 1. The number of nitrogens with one attached hydrogen (secondary N) is 1. The number of rotatable bonds is 5. The maximum Gasteiger partial charge on any atom is 0.214 e. The molecule has 1 N–H and O–H groups in total. The van der Waals surface area contributed by atoms with Crippen LogP contribution >= 0.6 is 0 Å². The Balaban J connectivity index is 1.83. The number of carbonyl (C=O) groups excluding carboxylic acids is 1. The molecule has 4 nitrogen and oxygen atoms in total. The third-order valence-corrected chi connectivity index (χ3v) is 7.64. The van der Waals surface area contributed by atoms with E-state index in [4.69, 9.17) is 0 Å². The summed E-state index contributed by atoms with van der Waals surface area (Å²) in [5.74, 6) is 0.162. The number of hydrogen-bond acceptors (Lipinski definition) is 3. The fourth-order valence-corrected chi connectivity index (χ4v) is 5.65. The standard InChI is InChI=1S/C19H35NO3S/c21-19(17-12-8-4-1-2-5-9-13-17)16-20-24(22,23)18-14-10-6-3-7-11-15-18/h17-18,20H,1-16H2. The zero-order valence-corrected chi connectivity index (χ0v) is 15.9. The van der Waals surface area contributed by atoms with Gasteiger partial charge in [-0.3, -0.25) is 4.79 Å². The molecule has 0 atom stereocenters. The van der Waals surface area contributed by atoms with Crippen LogP contribution in [0.1, 0.15) is 96.3 Å². The molecule has 0 spiro atoms. The van der Waals surface area contributed by atoms with Gasteiger partial charge in [0.15, 0.2) is 5.78 Å². The van der Waals surface area contributed by atoms with E-state index in [0.29, 0.717) is 0 Å². The van der Waals surface area contributed by atoms with E-state index in [0.717, 1.165) is 64.2 Å². The zero-order chi connectivity index (χ0) is 17.3. The summed E-state index contributed by atoms with van der Waals surface area (Å²) >= 11 is 0. The molecule has 24 heavy (non-hydrogen) atoms. The number of hydrogen-bond donors (Lipinski definition) is 1. The molecule has 0 aromatic heterocycles. The van der Waals surface area contributed by atoms with Crippen molar-refractivity contribution >= 4 is 15.8 Å². The molecule has 0 saturated heterocycles. The topological polar surface area (TPSA) is 63.2 Å². The lowest BCUT2D eigenvalue weighted by Crippen LogP contribution is -2.39. The Morgan fingerprint density at radius 3 is 1.62 bits per heavy atom. The molecule has 0 aliphatic heterocycles. The minimum absolute atomic E-state index is 0.00347. The van der Waals surface area contributed by atoms with Crippen molar-refractivity contribution < 1.29 is 13.2 Å². The molecule has 0 amide bonds. The maximum absolute atomic E-state index is 12.6. The van der Waals surface area contributed by atoms with Gasteiger partial charge < -0.3 is 0 Å². The Hall–Kier alpha value is -0.420. The molecule has 140 valence electrons. The molecule has 0 unspecified atom stereocenters. The highest BCUT2D eigenvalue weighted by molar-refractivity contribution is 7.90. The van der Waals surface area contributed by atoms with Gasteiger partial charge >= 0.3 is 0 Å². The van der Waals surface area contributed by atoms with Crippen LogP contribution in [0, 0.1) is 5.92 Å². The Morgan fingerprint density at radius 1 is 0.708 bits per heavy atom. The lowest BCUT2D eigenvalue weighted by molar-refractivity contribution is -0.122. The van der Waals surface area contributed by atoms with Gasteiger partial charge in [0.2, 0.25) is 10.0 Å². The molecule has 2 aliphatic rings. The second-order valence-corrected chi connectivity index (χ2v) is 9.74. The SMILES string of the molecule is O=C(CNS(=O)(=O)C1CCCCCCC1)C1CCCCCCCC1. The van der Waals surface area contributed by atoms with Gasteiger partial charge in [-0.25, -0.2) is 13.1 Å².